The molecule has 0 spiro atoms. The van der Waals surface area contributed by atoms with Crippen molar-refractivity contribution in [1.82, 2.24) is 20.2 Å². The molecule has 1 heterocycles. The topological polar surface area (TPSA) is 97.3 Å². The maximum absolute atomic E-state index is 13.3. The fourth-order valence-electron chi connectivity index (χ4n) is 5.01. The zero-order valence-electron chi connectivity index (χ0n) is 25.0. The lowest BCUT2D eigenvalue weighted by Crippen LogP contribution is -2.40. The molecule has 1 aliphatic carbocycles. The van der Waals surface area contributed by atoms with Crippen LogP contribution >= 0.6 is 23.2 Å². The highest BCUT2D eigenvalue weighted by molar-refractivity contribution is 6.39. The fourth-order valence-corrected chi connectivity index (χ4v) is 5.54. The van der Waals surface area contributed by atoms with E-state index in [1.165, 1.54) is 12.1 Å². The van der Waals surface area contributed by atoms with E-state index in [1.807, 2.05) is 0 Å². The summed E-state index contributed by atoms with van der Waals surface area (Å²) in [5.41, 5.74) is 0.930. The molecule has 1 saturated carbocycles. The fraction of sp³-hybridized carbons (Fsp3) is 0.500. The van der Waals surface area contributed by atoms with E-state index in [0.29, 0.717) is 22.3 Å². The number of benzene rings is 2. The molecule has 2 aromatic carbocycles. The monoisotopic (exact) mass is 677 g/mol. The minimum atomic E-state index is -4.29. The summed E-state index contributed by atoms with van der Waals surface area (Å²) < 4.78 is 72.2. The molecule has 15 heteroatoms. The van der Waals surface area contributed by atoms with Gasteiger partial charge in [0.05, 0.1) is 38.2 Å². The number of rotatable bonds is 9. The average molecular weight is 679 g/mol. The number of imidazole rings is 1. The van der Waals surface area contributed by atoms with Gasteiger partial charge in [-0.1, -0.05) is 50.0 Å². The second kappa shape index (κ2) is 13.6. The molecule has 4 rings (SSSR count). The number of aryl methyl sites for hydroxylation is 1. The lowest BCUT2D eigenvalue weighted by Gasteiger charge is -2.30. The van der Waals surface area contributed by atoms with Gasteiger partial charge in [-0.3, -0.25) is 9.59 Å². The molecule has 3 aromatic rings. The van der Waals surface area contributed by atoms with Gasteiger partial charge in [-0.25, -0.2) is 13.8 Å². The first-order valence-electron chi connectivity index (χ1n) is 14.3. The van der Waals surface area contributed by atoms with Crippen LogP contribution in [0.1, 0.15) is 62.4 Å². The zero-order valence-corrected chi connectivity index (χ0v) is 26.6. The third kappa shape index (κ3) is 8.29. The zero-order chi connectivity index (χ0) is 33.3. The second-order valence-corrected chi connectivity index (χ2v) is 12.8. The Bertz CT molecular complexity index is 1560. The quantitative estimate of drug-likeness (QED) is 0.201. The third-order valence-electron chi connectivity index (χ3n) is 7.65. The van der Waals surface area contributed by atoms with Crippen molar-refractivity contribution < 1.29 is 36.3 Å². The lowest BCUT2D eigenvalue weighted by atomic mass is 9.85. The number of aromatic nitrogens is 2. The number of amides is 2. The van der Waals surface area contributed by atoms with Crippen molar-refractivity contribution >= 4 is 57.7 Å². The maximum Gasteiger partial charge on any atom is 0.391 e. The van der Waals surface area contributed by atoms with Gasteiger partial charge >= 0.3 is 6.18 Å². The van der Waals surface area contributed by atoms with Gasteiger partial charge in [-0.15, -0.1) is 0 Å². The molecule has 8 nitrogen and oxygen atoms in total. The Morgan fingerprint density at radius 2 is 1.76 bits per heavy atom. The highest BCUT2D eigenvalue weighted by atomic mass is 35.5. The Balaban J connectivity index is 1.61. The molecule has 0 atom stereocenters. The van der Waals surface area contributed by atoms with Gasteiger partial charge in [0.2, 0.25) is 11.9 Å². The van der Waals surface area contributed by atoms with Crippen molar-refractivity contribution in [1.29, 1.82) is 0 Å². The first-order chi connectivity index (χ1) is 21.0. The number of hydrogen-bond donors (Lipinski definition) is 3. The molecule has 3 N–H and O–H groups in total. The van der Waals surface area contributed by atoms with Crippen LogP contribution in [0.3, 0.4) is 0 Å². The Morgan fingerprint density at radius 1 is 1.09 bits per heavy atom. The molecule has 0 saturated heterocycles. The van der Waals surface area contributed by atoms with E-state index in [4.69, 9.17) is 27.9 Å². The molecule has 0 bridgehead atoms. The SMILES string of the molecule is Cn1c(Nc2c(Cl)ccc(CNC(=O)C(C)(C)C)c2Cl)nc2cc(C(=O)NC3CCC(C(F)(F)F)CC3)c(OCC(F)F)cc21. The van der Waals surface area contributed by atoms with Crippen molar-refractivity contribution in [2.45, 2.75) is 71.6 Å². The van der Waals surface area contributed by atoms with Crippen LogP contribution in [0, 0.1) is 11.3 Å². The van der Waals surface area contributed by atoms with Crippen molar-refractivity contribution in [2.75, 3.05) is 11.9 Å². The summed E-state index contributed by atoms with van der Waals surface area (Å²) in [4.78, 5) is 30.2. The minimum absolute atomic E-state index is 0.0848. The highest BCUT2D eigenvalue weighted by Gasteiger charge is 2.41. The van der Waals surface area contributed by atoms with E-state index in [-0.39, 0.29) is 65.4 Å². The van der Waals surface area contributed by atoms with E-state index < -0.39 is 42.5 Å². The van der Waals surface area contributed by atoms with Gasteiger partial charge in [0, 0.05) is 31.1 Å². The van der Waals surface area contributed by atoms with Crippen molar-refractivity contribution in [3.05, 3.63) is 45.4 Å². The van der Waals surface area contributed by atoms with Gasteiger partial charge in [0.25, 0.3) is 12.3 Å². The Morgan fingerprint density at radius 3 is 2.36 bits per heavy atom. The van der Waals surface area contributed by atoms with Crippen LogP contribution in [0.5, 0.6) is 5.75 Å². The van der Waals surface area contributed by atoms with Crippen LogP contribution in [0.2, 0.25) is 10.0 Å². The predicted octanol–water partition coefficient (Wildman–Crippen LogP) is 7.78. The minimum Gasteiger partial charge on any atom is -0.487 e. The first kappa shape index (κ1) is 34.6. The predicted molar refractivity (Wildman–Crippen MR) is 163 cm³/mol. The normalized spacial score (nSPS) is 17.4. The third-order valence-corrected chi connectivity index (χ3v) is 8.39. The van der Waals surface area contributed by atoms with Crippen LogP contribution in [-0.2, 0) is 18.4 Å². The van der Waals surface area contributed by atoms with E-state index in [0.717, 1.165) is 0 Å². The molecular weight excluding hydrogens is 644 g/mol. The standard InChI is InChI=1S/C30H34Cl2F5N5O3/c1-29(2,3)27(44)38-13-15-5-10-19(31)25(24(15)32)41-28-40-20-11-18(22(45-14-23(33)34)12-21(20)42(28)4)26(43)39-17-8-6-16(7-9-17)30(35,36)37/h5,10-12,16-17,23H,6-9,13-14H2,1-4H3,(H,38,44)(H,39,43)(H,40,41). The highest BCUT2D eigenvalue weighted by Crippen LogP contribution is 2.39. The number of carbonyl (C=O) groups is 2. The molecular formula is C30H34Cl2F5N5O3. The number of alkyl halides is 5. The number of anilines is 2. The number of nitrogens with one attached hydrogen (secondary N) is 3. The largest absolute Gasteiger partial charge is 0.487 e. The van der Waals surface area contributed by atoms with E-state index >= 15 is 0 Å². The molecule has 1 aromatic heterocycles. The maximum atomic E-state index is 13.3. The molecule has 0 unspecified atom stereocenters. The number of ether oxygens (including phenoxy) is 1. The second-order valence-electron chi connectivity index (χ2n) is 12.1. The average Bonchev–Trinajstić information content (AvgIpc) is 3.26. The summed E-state index contributed by atoms with van der Waals surface area (Å²) in [5.74, 6) is -2.15. The van der Waals surface area contributed by atoms with Crippen LogP contribution in [-0.4, -0.2) is 46.6 Å². The Labute approximate surface area is 267 Å². The smallest absolute Gasteiger partial charge is 0.391 e. The van der Waals surface area contributed by atoms with Crippen LogP contribution in [0.4, 0.5) is 33.6 Å². The molecule has 1 aliphatic rings. The summed E-state index contributed by atoms with van der Waals surface area (Å²) in [7, 11) is 1.64. The van der Waals surface area contributed by atoms with Crippen molar-refractivity contribution in [3.8, 4) is 5.75 Å². The summed E-state index contributed by atoms with van der Waals surface area (Å²) in [5, 5.41) is 9.14. The van der Waals surface area contributed by atoms with Gasteiger partial charge in [0.1, 0.15) is 12.4 Å². The Hall–Kier alpha value is -3.32. The van der Waals surface area contributed by atoms with Crippen LogP contribution in [0.25, 0.3) is 11.0 Å². The number of fused-ring (bicyclic) bond motifs is 1. The molecule has 246 valence electrons. The Kier molecular flexibility index (Phi) is 10.4. The van der Waals surface area contributed by atoms with Crippen molar-refractivity contribution in [3.63, 3.8) is 0 Å². The van der Waals surface area contributed by atoms with E-state index in [2.05, 4.69) is 20.9 Å². The molecule has 1 fully saturated rings. The summed E-state index contributed by atoms with van der Waals surface area (Å²) in [6.07, 6.45) is -7.09. The van der Waals surface area contributed by atoms with Gasteiger partial charge < -0.3 is 25.3 Å². The first-order valence-corrected chi connectivity index (χ1v) is 15.0. The van der Waals surface area contributed by atoms with Gasteiger partial charge in [0.15, 0.2) is 0 Å². The molecule has 0 radical (unpaired) electrons. The van der Waals surface area contributed by atoms with E-state index in [1.54, 1.807) is 44.5 Å². The molecule has 45 heavy (non-hydrogen) atoms. The molecule has 2 amide bonds. The van der Waals surface area contributed by atoms with Crippen LogP contribution < -0.4 is 20.7 Å². The molecule has 0 aliphatic heterocycles. The number of nitrogens with zero attached hydrogens (tertiary/aromatic N) is 2. The van der Waals surface area contributed by atoms with Crippen molar-refractivity contribution in [2.24, 2.45) is 18.4 Å². The van der Waals surface area contributed by atoms with Crippen LogP contribution in [0.15, 0.2) is 24.3 Å². The summed E-state index contributed by atoms with van der Waals surface area (Å²) in [6, 6.07) is 5.55. The lowest BCUT2D eigenvalue weighted by molar-refractivity contribution is -0.182. The number of carbonyl (C=O) groups excluding carboxylic acids is 2. The van der Waals surface area contributed by atoms with Gasteiger partial charge in [-0.2, -0.15) is 13.2 Å². The summed E-state index contributed by atoms with van der Waals surface area (Å²) >= 11 is 13.1. The van der Waals surface area contributed by atoms with Gasteiger partial charge in [-0.05, 0) is 43.4 Å². The number of halogens is 7. The summed E-state index contributed by atoms with van der Waals surface area (Å²) in [6.45, 7) is 4.52. The van der Waals surface area contributed by atoms with E-state index in [9.17, 15) is 31.5 Å². The number of hydrogen-bond acceptors (Lipinski definition) is 5.